The molecule has 0 radical (unpaired) electrons. The zero-order valence-corrected chi connectivity index (χ0v) is 21.4. The highest BCUT2D eigenvalue weighted by molar-refractivity contribution is 9.10. The van der Waals surface area contributed by atoms with Gasteiger partial charge < -0.3 is 9.64 Å². The zero-order chi connectivity index (χ0) is 24.8. The van der Waals surface area contributed by atoms with Crippen LogP contribution in [0, 0.1) is 0 Å². The Morgan fingerprint density at radius 1 is 0.568 bits per heavy atom. The number of pyridine rings is 1. The maximum atomic E-state index is 6.27. The third-order valence-corrected chi connectivity index (χ3v) is 7.24. The van der Waals surface area contributed by atoms with E-state index in [1.54, 1.807) is 0 Å². The van der Waals surface area contributed by atoms with Gasteiger partial charge in [-0.25, -0.2) is 4.98 Å². The van der Waals surface area contributed by atoms with Crippen LogP contribution in [0.5, 0.6) is 11.5 Å². The molecule has 2 heterocycles. The van der Waals surface area contributed by atoms with Gasteiger partial charge >= 0.3 is 0 Å². The van der Waals surface area contributed by atoms with Crippen LogP contribution in [0.15, 0.2) is 132 Å². The lowest BCUT2D eigenvalue weighted by Crippen LogP contribution is -2.16. The Labute approximate surface area is 223 Å². The van der Waals surface area contributed by atoms with Crippen molar-refractivity contribution in [1.29, 1.82) is 0 Å². The molecule has 0 amide bonds. The number of halogens is 1. The number of nitrogens with zero attached hydrogens (tertiary/aromatic N) is 2. The summed E-state index contributed by atoms with van der Waals surface area (Å²) in [4.78, 5) is 7.55. The van der Waals surface area contributed by atoms with Crippen LogP contribution in [0.4, 0.5) is 17.1 Å². The molecule has 0 aliphatic carbocycles. The summed E-state index contributed by atoms with van der Waals surface area (Å²) in [5, 5.41) is 1.10. The van der Waals surface area contributed by atoms with Crippen LogP contribution < -0.4 is 9.64 Å². The van der Waals surface area contributed by atoms with Gasteiger partial charge in [0, 0.05) is 15.4 Å². The summed E-state index contributed by atoms with van der Waals surface area (Å²) >= 11 is 3.56. The highest BCUT2D eigenvalue weighted by atomic mass is 79.9. The highest BCUT2D eigenvalue weighted by Gasteiger charge is 2.27. The number of anilines is 3. The van der Waals surface area contributed by atoms with Crippen molar-refractivity contribution in [2.45, 2.75) is 0 Å². The lowest BCUT2D eigenvalue weighted by Gasteiger charge is -2.33. The van der Waals surface area contributed by atoms with E-state index in [4.69, 9.17) is 9.72 Å². The molecule has 5 aromatic carbocycles. The van der Waals surface area contributed by atoms with E-state index >= 15 is 0 Å². The summed E-state index contributed by atoms with van der Waals surface area (Å²) in [6.45, 7) is 0. The largest absolute Gasteiger partial charge is 0.453 e. The Bertz CT molecular complexity index is 1720. The smallest absolute Gasteiger partial charge is 0.151 e. The second-order valence-electron chi connectivity index (χ2n) is 8.97. The molecular weight excluding hydrogens is 520 g/mol. The van der Waals surface area contributed by atoms with E-state index in [0.29, 0.717) is 0 Å². The van der Waals surface area contributed by atoms with Crippen LogP contribution in [0.25, 0.3) is 33.3 Å². The number of rotatable bonds is 3. The lowest BCUT2D eigenvalue weighted by atomic mass is 9.97. The van der Waals surface area contributed by atoms with E-state index in [2.05, 4.69) is 112 Å². The second kappa shape index (κ2) is 8.91. The lowest BCUT2D eigenvalue weighted by molar-refractivity contribution is 0.477. The number of hydrogen-bond donors (Lipinski definition) is 0. The van der Waals surface area contributed by atoms with E-state index in [1.807, 2.05) is 36.4 Å². The van der Waals surface area contributed by atoms with E-state index in [-0.39, 0.29) is 0 Å². The summed E-state index contributed by atoms with van der Waals surface area (Å²) in [5.41, 5.74) is 8.25. The molecule has 4 heteroatoms. The van der Waals surface area contributed by atoms with Gasteiger partial charge in [-0.15, -0.1) is 0 Å². The molecule has 0 spiro atoms. The zero-order valence-electron chi connectivity index (χ0n) is 19.8. The van der Waals surface area contributed by atoms with Gasteiger partial charge in [-0.2, -0.15) is 0 Å². The van der Waals surface area contributed by atoms with Crippen molar-refractivity contribution in [3.8, 4) is 33.9 Å². The van der Waals surface area contributed by atoms with Gasteiger partial charge in [0.05, 0.1) is 28.3 Å². The van der Waals surface area contributed by atoms with Gasteiger partial charge in [-0.3, -0.25) is 0 Å². The van der Waals surface area contributed by atoms with Gasteiger partial charge in [0.25, 0.3) is 0 Å². The minimum Gasteiger partial charge on any atom is -0.453 e. The Hall–Kier alpha value is -4.41. The fourth-order valence-electron chi connectivity index (χ4n) is 5.00. The van der Waals surface area contributed by atoms with Gasteiger partial charge in [0.2, 0.25) is 0 Å². The number of benzene rings is 5. The number of aromatic nitrogens is 1. The molecule has 1 aliphatic heterocycles. The van der Waals surface area contributed by atoms with Crippen LogP contribution >= 0.6 is 15.9 Å². The second-order valence-corrected chi connectivity index (χ2v) is 9.89. The first kappa shape index (κ1) is 21.8. The van der Waals surface area contributed by atoms with Crippen LogP contribution in [-0.2, 0) is 0 Å². The fourth-order valence-corrected chi connectivity index (χ4v) is 5.27. The van der Waals surface area contributed by atoms with E-state index < -0.39 is 0 Å². The van der Waals surface area contributed by atoms with Crippen molar-refractivity contribution >= 4 is 43.9 Å². The van der Waals surface area contributed by atoms with Crippen molar-refractivity contribution in [1.82, 2.24) is 4.98 Å². The van der Waals surface area contributed by atoms with Crippen LogP contribution in [-0.4, -0.2) is 4.98 Å². The first-order valence-electron chi connectivity index (χ1n) is 12.2. The maximum Gasteiger partial charge on any atom is 0.151 e. The number of para-hydroxylation sites is 5. The summed E-state index contributed by atoms with van der Waals surface area (Å²) < 4.78 is 7.32. The molecule has 0 N–H and O–H groups in total. The maximum absolute atomic E-state index is 6.27. The number of ether oxygens (including phenoxy) is 1. The average molecular weight is 541 g/mol. The molecule has 0 saturated heterocycles. The Morgan fingerprint density at radius 2 is 1.19 bits per heavy atom. The van der Waals surface area contributed by atoms with E-state index in [0.717, 1.165) is 66.3 Å². The topological polar surface area (TPSA) is 25.4 Å². The third kappa shape index (κ3) is 3.78. The molecule has 0 unspecified atom stereocenters. The molecule has 1 aromatic heterocycles. The molecule has 7 rings (SSSR count). The molecule has 6 aromatic rings. The molecule has 0 fully saturated rings. The number of hydrogen-bond acceptors (Lipinski definition) is 3. The minimum atomic E-state index is 0.825. The van der Waals surface area contributed by atoms with Gasteiger partial charge in [0.15, 0.2) is 11.5 Å². The van der Waals surface area contributed by atoms with E-state index in [9.17, 15) is 0 Å². The van der Waals surface area contributed by atoms with Crippen LogP contribution in [0.3, 0.4) is 0 Å². The molecule has 0 bridgehead atoms. The monoisotopic (exact) mass is 540 g/mol. The average Bonchev–Trinajstić information content (AvgIpc) is 2.96. The normalized spacial score (nSPS) is 12.1. The van der Waals surface area contributed by atoms with Crippen molar-refractivity contribution in [3.05, 3.63) is 132 Å². The summed E-state index contributed by atoms with van der Waals surface area (Å²) in [5.74, 6) is 1.65. The molecule has 0 atom stereocenters. The van der Waals surface area contributed by atoms with Gasteiger partial charge in [-0.1, -0.05) is 94.8 Å². The fraction of sp³-hybridized carbons (Fsp3) is 0. The van der Waals surface area contributed by atoms with Gasteiger partial charge in [-0.05, 0) is 59.7 Å². The molecule has 0 saturated carbocycles. The summed E-state index contributed by atoms with van der Waals surface area (Å²) in [6.07, 6.45) is 0. The van der Waals surface area contributed by atoms with Crippen molar-refractivity contribution in [2.75, 3.05) is 4.90 Å². The molecule has 176 valence electrons. The predicted molar refractivity (Wildman–Crippen MR) is 155 cm³/mol. The highest BCUT2D eigenvalue weighted by Crippen LogP contribution is 2.51. The van der Waals surface area contributed by atoms with Gasteiger partial charge in [0.1, 0.15) is 0 Å². The SMILES string of the molecule is Brc1ccc(-c2cc(-c3ccccc3)c3cccc(N4c5ccccc5Oc5ccccc54)c3n2)cc1. The Kier molecular flexibility index (Phi) is 5.26. The van der Waals surface area contributed by atoms with Crippen molar-refractivity contribution in [3.63, 3.8) is 0 Å². The molecule has 37 heavy (non-hydrogen) atoms. The molecule has 1 aliphatic rings. The predicted octanol–water partition coefficient (Wildman–Crippen LogP) is 9.91. The summed E-state index contributed by atoms with van der Waals surface area (Å²) in [7, 11) is 0. The quantitative estimate of drug-likeness (QED) is 0.223. The number of fused-ring (bicyclic) bond motifs is 3. The Morgan fingerprint density at radius 3 is 1.89 bits per heavy atom. The molecule has 3 nitrogen and oxygen atoms in total. The third-order valence-electron chi connectivity index (χ3n) is 6.72. The van der Waals surface area contributed by atoms with Crippen LogP contribution in [0.2, 0.25) is 0 Å². The first-order chi connectivity index (χ1) is 18.3. The standard InChI is InChI=1S/C33H21BrN2O/c34-24-19-17-23(18-20-24)27-21-26(22-9-2-1-3-10-22)25-11-8-14-30(33(25)35-27)36-28-12-4-6-15-31(28)37-32-16-7-5-13-29(32)36/h1-21H. The van der Waals surface area contributed by atoms with Crippen LogP contribution in [0.1, 0.15) is 0 Å². The minimum absolute atomic E-state index is 0.825. The van der Waals surface area contributed by atoms with E-state index in [1.165, 1.54) is 0 Å². The van der Waals surface area contributed by atoms with Crippen molar-refractivity contribution in [2.24, 2.45) is 0 Å². The Balaban J connectivity index is 1.55. The molecular formula is C33H21BrN2O. The first-order valence-corrected chi connectivity index (χ1v) is 13.0. The van der Waals surface area contributed by atoms with Crippen molar-refractivity contribution < 1.29 is 4.74 Å². The summed E-state index contributed by atoms with van der Waals surface area (Å²) in [6, 6.07) is 43.8.